The van der Waals surface area contributed by atoms with E-state index in [0.717, 1.165) is 6.33 Å². The number of aliphatic hydroxyl groups excluding tert-OH is 2. The molecule has 1 aliphatic heterocycles. The molecule has 0 aromatic carbocycles. The maximum atomic E-state index is 12.5. The standard InChI is InChI=1S/C11H16F2N5O10P3/c12-29(13,21)4-30(22,23)28-31(24,25)26-1-5-7(19)8(20)11(27-5)18-3-17-6-9(14)15-2-16-10(6)18/h2-3,5,7-8,11,19-20H,1,4H2,(H,22,23)(H,24,25)(H2,14,15,16). The number of imidazole rings is 1. The minimum Gasteiger partial charge on any atom is -0.387 e. The number of phosphoric acid groups is 1. The number of hydrogen-bond donors (Lipinski definition) is 5. The molecule has 174 valence electrons. The molecule has 6 N–H and O–H groups in total. The van der Waals surface area contributed by atoms with Crippen molar-refractivity contribution in [1.29, 1.82) is 0 Å². The molecular formula is C11H16F2N5O10P3. The number of aliphatic hydroxyl groups is 2. The molecule has 1 fully saturated rings. The minimum atomic E-state index is -6.04. The van der Waals surface area contributed by atoms with Gasteiger partial charge in [-0.05, 0) is 0 Å². The first-order valence-electron chi connectivity index (χ1n) is 8.12. The zero-order chi connectivity index (χ0) is 23.2. The van der Waals surface area contributed by atoms with Gasteiger partial charge < -0.3 is 30.5 Å². The first-order chi connectivity index (χ1) is 14.2. The largest absolute Gasteiger partial charge is 0.479 e. The van der Waals surface area contributed by atoms with Crippen LogP contribution in [0.5, 0.6) is 0 Å². The Bertz CT molecular complexity index is 1110. The first-order valence-corrected chi connectivity index (χ1v) is 13.1. The number of halogens is 2. The van der Waals surface area contributed by atoms with Gasteiger partial charge in [0.05, 0.1) is 12.9 Å². The number of nitrogens with two attached hydrogens (primary N) is 1. The Balaban J connectivity index is 1.69. The summed E-state index contributed by atoms with van der Waals surface area (Å²) in [6.45, 7) is -0.963. The molecule has 2 aromatic rings. The molecule has 1 aliphatic rings. The van der Waals surface area contributed by atoms with Crippen molar-refractivity contribution in [1.82, 2.24) is 19.5 Å². The van der Waals surface area contributed by atoms with E-state index in [9.17, 15) is 42.1 Å². The Morgan fingerprint density at radius 3 is 2.48 bits per heavy atom. The van der Waals surface area contributed by atoms with Crippen molar-refractivity contribution >= 4 is 40.2 Å². The number of anilines is 1. The predicted molar refractivity (Wildman–Crippen MR) is 97.0 cm³/mol. The Morgan fingerprint density at radius 2 is 1.84 bits per heavy atom. The molecule has 0 saturated carbocycles. The lowest BCUT2D eigenvalue weighted by Gasteiger charge is -2.19. The fourth-order valence-corrected chi connectivity index (χ4v) is 6.89. The van der Waals surface area contributed by atoms with Crippen LogP contribution in [0.15, 0.2) is 12.7 Å². The second-order valence-corrected chi connectivity index (χ2v) is 11.7. The molecule has 6 atom stereocenters. The van der Waals surface area contributed by atoms with E-state index in [-0.39, 0.29) is 17.0 Å². The summed E-state index contributed by atoms with van der Waals surface area (Å²) in [5, 5.41) is 20.4. The van der Waals surface area contributed by atoms with Gasteiger partial charge in [-0.2, -0.15) is 8.39 Å². The maximum Gasteiger partial charge on any atom is 0.479 e. The molecule has 31 heavy (non-hydrogen) atoms. The molecule has 0 amide bonds. The highest BCUT2D eigenvalue weighted by Gasteiger charge is 2.46. The molecule has 20 heteroatoms. The molecular weight excluding hydrogens is 493 g/mol. The van der Waals surface area contributed by atoms with E-state index in [2.05, 4.69) is 23.8 Å². The number of rotatable bonds is 8. The van der Waals surface area contributed by atoms with Crippen LogP contribution in [0.25, 0.3) is 11.2 Å². The normalized spacial score (nSPS) is 28.5. The van der Waals surface area contributed by atoms with E-state index in [1.54, 1.807) is 0 Å². The summed E-state index contributed by atoms with van der Waals surface area (Å²) >= 11 is 0. The molecule has 0 spiro atoms. The number of fused-ring (bicyclic) bond motifs is 1. The molecule has 0 radical (unpaired) electrons. The monoisotopic (exact) mass is 509 g/mol. The van der Waals surface area contributed by atoms with Crippen LogP contribution in [0.2, 0.25) is 0 Å². The summed E-state index contributed by atoms with van der Waals surface area (Å²) in [7, 11) is -16.9. The van der Waals surface area contributed by atoms with Crippen LogP contribution < -0.4 is 5.73 Å². The van der Waals surface area contributed by atoms with E-state index in [1.807, 2.05) is 0 Å². The number of aromatic nitrogens is 4. The highest BCUT2D eigenvalue weighted by molar-refractivity contribution is 7.74. The van der Waals surface area contributed by atoms with Crippen LogP contribution in [0, 0.1) is 0 Å². The van der Waals surface area contributed by atoms with Crippen LogP contribution in [0.4, 0.5) is 14.2 Å². The third kappa shape index (κ3) is 5.71. The van der Waals surface area contributed by atoms with E-state index < -0.39 is 60.2 Å². The highest BCUT2D eigenvalue weighted by Crippen LogP contribution is 2.68. The van der Waals surface area contributed by atoms with Gasteiger partial charge in [0, 0.05) is 0 Å². The summed E-state index contributed by atoms with van der Waals surface area (Å²) < 4.78 is 73.3. The average Bonchev–Trinajstić information content (AvgIpc) is 3.13. The van der Waals surface area contributed by atoms with E-state index >= 15 is 0 Å². The van der Waals surface area contributed by atoms with Gasteiger partial charge in [-0.1, -0.05) is 0 Å². The van der Waals surface area contributed by atoms with Crippen molar-refractivity contribution in [3.63, 3.8) is 0 Å². The average molecular weight is 509 g/mol. The number of hydrogen-bond acceptors (Lipinski definition) is 12. The molecule has 1 saturated heterocycles. The van der Waals surface area contributed by atoms with E-state index in [0.29, 0.717) is 0 Å². The van der Waals surface area contributed by atoms with Gasteiger partial charge in [0.1, 0.15) is 30.2 Å². The number of nitrogen functional groups attached to an aromatic ring is 1. The third-order valence-corrected chi connectivity index (χ3v) is 9.04. The van der Waals surface area contributed by atoms with Crippen molar-refractivity contribution < 1.29 is 55.7 Å². The molecule has 15 nitrogen and oxygen atoms in total. The van der Waals surface area contributed by atoms with E-state index in [4.69, 9.17) is 10.5 Å². The lowest BCUT2D eigenvalue weighted by atomic mass is 10.1. The summed E-state index contributed by atoms with van der Waals surface area (Å²) in [5.74, 6) is -2.12. The summed E-state index contributed by atoms with van der Waals surface area (Å²) in [5.41, 5.74) is 5.98. The van der Waals surface area contributed by atoms with Crippen LogP contribution in [0.1, 0.15) is 6.23 Å². The summed E-state index contributed by atoms with van der Waals surface area (Å²) in [4.78, 5) is 30.3. The van der Waals surface area contributed by atoms with Crippen molar-refractivity contribution in [2.75, 3.05) is 18.2 Å². The zero-order valence-corrected chi connectivity index (χ0v) is 17.8. The number of nitrogens with zero attached hydrogens (tertiary/aromatic N) is 4. The topological polar surface area (TPSA) is 229 Å². The van der Waals surface area contributed by atoms with Gasteiger partial charge >= 0.3 is 23.2 Å². The fourth-order valence-electron chi connectivity index (χ4n) is 2.74. The zero-order valence-electron chi connectivity index (χ0n) is 15.1. The van der Waals surface area contributed by atoms with Gasteiger partial charge in [0.25, 0.3) is 0 Å². The van der Waals surface area contributed by atoms with E-state index in [1.165, 1.54) is 10.9 Å². The SMILES string of the molecule is Nc1ncnc2c1ncn2C1OC(COP(=O)(O)OP(=O)(O)CP(=O)(F)F)C(O)C1O. The van der Waals surface area contributed by atoms with Gasteiger partial charge in [0.2, 0.25) is 0 Å². The Morgan fingerprint density at radius 1 is 1.16 bits per heavy atom. The lowest BCUT2D eigenvalue weighted by Crippen LogP contribution is -2.33. The molecule has 6 unspecified atom stereocenters. The maximum absolute atomic E-state index is 12.5. The minimum absolute atomic E-state index is 0.0366. The summed E-state index contributed by atoms with van der Waals surface area (Å²) in [6, 6.07) is 0. The Kier molecular flexibility index (Phi) is 6.67. The smallest absolute Gasteiger partial charge is 0.387 e. The number of phosphoric ester groups is 1. The van der Waals surface area contributed by atoms with Gasteiger partial charge in [0.15, 0.2) is 23.6 Å². The first kappa shape index (κ1) is 24.3. The molecule has 2 aromatic heterocycles. The van der Waals surface area contributed by atoms with Crippen LogP contribution in [0.3, 0.4) is 0 Å². The number of ether oxygens (including phenoxy) is 1. The lowest BCUT2D eigenvalue weighted by molar-refractivity contribution is -0.0501. The predicted octanol–water partition coefficient (Wildman–Crippen LogP) is 0.436. The second-order valence-electron chi connectivity index (χ2n) is 6.32. The summed E-state index contributed by atoms with van der Waals surface area (Å²) in [6.07, 6.45) is -3.74. The van der Waals surface area contributed by atoms with Gasteiger partial charge in [-0.25, -0.2) is 28.4 Å². The third-order valence-electron chi connectivity index (χ3n) is 3.97. The van der Waals surface area contributed by atoms with Crippen LogP contribution >= 0.6 is 23.2 Å². The quantitative estimate of drug-likeness (QED) is 0.304. The van der Waals surface area contributed by atoms with Crippen LogP contribution in [-0.4, -0.2) is 70.3 Å². The Hall–Kier alpha value is -1.38. The van der Waals surface area contributed by atoms with Crippen molar-refractivity contribution in [2.45, 2.75) is 24.5 Å². The molecule has 3 rings (SSSR count). The van der Waals surface area contributed by atoms with Gasteiger partial charge in [-0.3, -0.25) is 13.7 Å². The molecule has 0 aliphatic carbocycles. The highest BCUT2D eigenvalue weighted by atomic mass is 31.3. The fraction of sp³-hybridized carbons (Fsp3) is 0.545. The van der Waals surface area contributed by atoms with Crippen molar-refractivity contribution in [2.24, 2.45) is 0 Å². The Labute approximate surface area is 171 Å². The van der Waals surface area contributed by atoms with Crippen molar-refractivity contribution in [3.8, 4) is 0 Å². The van der Waals surface area contributed by atoms with Crippen LogP contribution in [-0.2, 0) is 27.3 Å². The second kappa shape index (κ2) is 8.52. The molecule has 3 heterocycles. The van der Waals surface area contributed by atoms with Crippen molar-refractivity contribution in [3.05, 3.63) is 12.7 Å². The molecule has 0 bridgehead atoms. The van der Waals surface area contributed by atoms with Gasteiger partial charge in [-0.15, -0.1) is 0 Å².